The van der Waals surface area contributed by atoms with Gasteiger partial charge < -0.3 is 29.5 Å². The predicted molar refractivity (Wildman–Crippen MR) is 145 cm³/mol. The van der Waals surface area contributed by atoms with E-state index in [1.807, 2.05) is 32.9 Å². The average molecular weight is 555 g/mol. The van der Waals surface area contributed by atoms with Crippen molar-refractivity contribution < 1.29 is 33.7 Å². The number of hydrogen-bond donors (Lipinski definition) is 2. The van der Waals surface area contributed by atoms with Crippen LogP contribution in [0.25, 0.3) is 11.0 Å². The molecule has 2 N–H and O–H groups in total. The smallest absolute Gasteiger partial charge is 0.408 e. The number of methoxy groups -OCH3 is 1. The van der Waals surface area contributed by atoms with Gasteiger partial charge in [-0.1, -0.05) is 33.6 Å². The van der Waals surface area contributed by atoms with Crippen LogP contribution >= 0.6 is 0 Å². The molecule has 2 bridgehead atoms. The van der Waals surface area contributed by atoms with Crippen molar-refractivity contribution in [2.45, 2.75) is 90.0 Å². The van der Waals surface area contributed by atoms with Gasteiger partial charge in [-0.05, 0) is 49.1 Å². The van der Waals surface area contributed by atoms with Gasteiger partial charge in [-0.2, -0.15) is 0 Å². The number of carboxylic acids is 1. The Kier molecular flexibility index (Phi) is 7.74. The van der Waals surface area contributed by atoms with Crippen LogP contribution in [0.2, 0.25) is 0 Å². The number of alkyl carbamates (subject to hydrolysis) is 1. The second-order valence-corrected chi connectivity index (χ2v) is 12.1. The molecule has 2 aliphatic heterocycles. The fourth-order valence-electron chi connectivity index (χ4n) is 5.60. The fourth-order valence-corrected chi connectivity index (χ4v) is 5.60. The van der Waals surface area contributed by atoms with Crippen LogP contribution in [0.3, 0.4) is 0 Å². The third kappa shape index (κ3) is 6.08. The monoisotopic (exact) mass is 554 g/mol. The minimum absolute atomic E-state index is 0.0427. The summed E-state index contributed by atoms with van der Waals surface area (Å²) in [5, 5.41) is 12.7. The molecule has 0 radical (unpaired) electrons. The quantitative estimate of drug-likeness (QED) is 0.568. The van der Waals surface area contributed by atoms with Gasteiger partial charge in [0.15, 0.2) is 0 Å². The number of aryl methyl sites for hydroxylation is 1. The van der Waals surface area contributed by atoms with E-state index in [1.165, 1.54) is 4.90 Å². The van der Waals surface area contributed by atoms with Crippen molar-refractivity contribution in [1.29, 1.82) is 0 Å². The molecule has 3 heterocycles. The molecule has 0 spiro atoms. The maximum atomic E-state index is 13.8. The molecule has 3 aliphatic rings. The normalized spacial score (nSPS) is 27.8. The van der Waals surface area contributed by atoms with Gasteiger partial charge in [0.25, 0.3) is 0 Å². The van der Waals surface area contributed by atoms with Crippen molar-refractivity contribution in [3.8, 4) is 11.6 Å². The van der Waals surface area contributed by atoms with Gasteiger partial charge in [0.05, 0.1) is 24.7 Å². The van der Waals surface area contributed by atoms with Crippen molar-refractivity contribution in [2.75, 3.05) is 13.7 Å². The maximum Gasteiger partial charge on any atom is 0.408 e. The Morgan fingerprint density at radius 2 is 1.90 bits per heavy atom. The third-order valence-corrected chi connectivity index (χ3v) is 8.00. The Hall–Kier alpha value is -3.63. The lowest BCUT2D eigenvalue weighted by molar-refractivity contribution is -0.150. The summed E-state index contributed by atoms with van der Waals surface area (Å²) in [6.45, 7) is 5.52. The largest absolute Gasteiger partial charge is 0.497 e. The molecule has 40 heavy (non-hydrogen) atoms. The van der Waals surface area contributed by atoms with Crippen molar-refractivity contribution in [1.82, 2.24) is 20.2 Å². The van der Waals surface area contributed by atoms with Crippen molar-refractivity contribution in [3.05, 3.63) is 23.9 Å². The number of aromatic nitrogens is 2. The molecule has 5 rings (SSSR count). The van der Waals surface area contributed by atoms with Crippen LogP contribution in [0.1, 0.15) is 65.0 Å². The molecule has 11 heteroatoms. The molecule has 1 aliphatic carbocycles. The first kappa shape index (κ1) is 27.9. The first-order chi connectivity index (χ1) is 19.0. The molecule has 1 aromatic carbocycles. The number of carboxylic acid groups (broad SMARTS) is 1. The van der Waals surface area contributed by atoms with Gasteiger partial charge in [-0.25, -0.2) is 19.6 Å². The first-order valence-electron chi connectivity index (χ1n) is 14.0. The van der Waals surface area contributed by atoms with Crippen LogP contribution < -0.4 is 14.8 Å². The first-order valence-corrected chi connectivity index (χ1v) is 14.0. The number of amides is 2. The van der Waals surface area contributed by atoms with Crippen LogP contribution in [-0.2, 0) is 20.7 Å². The van der Waals surface area contributed by atoms with E-state index >= 15 is 0 Å². The number of hydrogen-bond acceptors (Lipinski definition) is 8. The van der Waals surface area contributed by atoms with Crippen LogP contribution in [0, 0.1) is 11.3 Å². The minimum Gasteiger partial charge on any atom is -0.497 e. The number of fused-ring (bicyclic) bond motifs is 5. The maximum absolute atomic E-state index is 13.8. The number of aliphatic carboxylic acids is 1. The summed E-state index contributed by atoms with van der Waals surface area (Å²) in [5.41, 5.74) is 1.36. The Morgan fingerprint density at radius 3 is 2.62 bits per heavy atom. The van der Waals surface area contributed by atoms with Crippen LogP contribution in [0.4, 0.5) is 4.79 Å². The third-order valence-electron chi connectivity index (χ3n) is 8.00. The molecule has 2 amide bonds. The lowest BCUT2D eigenvalue weighted by Crippen LogP contribution is -2.57. The fraction of sp³-hybridized carbons (Fsp3) is 0.621. The number of carbonyl (C=O) groups is 3. The highest BCUT2D eigenvalue weighted by Gasteiger charge is 2.47. The highest BCUT2D eigenvalue weighted by Crippen LogP contribution is 2.39. The number of carbonyl (C=O) groups excluding carboxylic acids is 2. The standard InChI is InChI=1S/C29H38N4O7/c1-29(2,3)24-26(34)33-15-18(14-22(33)27(35)36)39-25-20(30-19-11-10-17(38-4)13-21(19)31-25)9-7-5-6-8-16-12-23(16)40-28(37)32-24/h10-11,13,16,18,22-24H,5-9,12,14-15H2,1-4H3,(H,32,37)(H,35,36)/t16-,18-,22+,23?,24-/m1/s1. The lowest BCUT2D eigenvalue weighted by atomic mass is 9.85. The Labute approximate surface area is 233 Å². The molecule has 1 aromatic heterocycles. The molecule has 11 nitrogen and oxygen atoms in total. The van der Waals surface area contributed by atoms with E-state index in [2.05, 4.69) is 5.32 Å². The number of ether oxygens (including phenoxy) is 3. The molecular weight excluding hydrogens is 516 g/mol. The van der Waals surface area contributed by atoms with Crippen LogP contribution in [0.5, 0.6) is 11.6 Å². The Morgan fingerprint density at radius 1 is 1.10 bits per heavy atom. The van der Waals surface area contributed by atoms with E-state index in [9.17, 15) is 19.5 Å². The zero-order valence-electron chi connectivity index (χ0n) is 23.5. The van der Waals surface area contributed by atoms with Crippen LogP contribution in [0.15, 0.2) is 18.2 Å². The topological polar surface area (TPSA) is 140 Å². The zero-order chi connectivity index (χ0) is 28.6. The van der Waals surface area contributed by atoms with Gasteiger partial charge in [-0.3, -0.25) is 4.79 Å². The second-order valence-electron chi connectivity index (χ2n) is 12.1. The van der Waals surface area contributed by atoms with E-state index in [0.29, 0.717) is 35.2 Å². The van der Waals surface area contributed by atoms with Gasteiger partial charge in [0, 0.05) is 12.5 Å². The predicted octanol–water partition coefficient (Wildman–Crippen LogP) is 3.72. The van der Waals surface area contributed by atoms with Crippen LogP contribution in [-0.4, -0.2) is 75.9 Å². The SMILES string of the molecule is COc1ccc2nc3c(nc2c1)O[C@@H]1C[C@@H](C(=O)O)N(C1)C(=O)[C@H](C(C)(C)C)NC(=O)OC1C[C@H]1CCCCC3. The summed E-state index contributed by atoms with van der Waals surface area (Å²) in [7, 11) is 1.58. The van der Waals surface area contributed by atoms with E-state index < -0.39 is 41.6 Å². The molecule has 1 saturated carbocycles. The molecule has 5 atom stereocenters. The van der Waals surface area contributed by atoms with Crippen molar-refractivity contribution in [2.24, 2.45) is 11.3 Å². The summed E-state index contributed by atoms with van der Waals surface area (Å²) in [4.78, 5) is 49.7. The van der Waals surface area contributed by atoms with Crippen molar-refractivity contribution >= 4 is 29.0 Å². The number of rotatable bonds is 2. The summed E-state index contributed by atoms with van der Waals surface area (Å²) in [6.07, 6.45) is 3.97. The van der Waals surface area contributed by atoms with Gasteiger partial charge in [0.2, 0.25) is 11.8 Å². The van der Waals surface area contributed by atoms with Gasteiger partial charge >= 0.3 is 12.1 Å². The highest BCUT2D eigenvalue weighted by atomic mass is 16.6. The van der Waals surface area contributed by atoms with Crippen molar-refractivity contribution in [3.63, 3.8) is 0 Å². The number of nitrogens with one attached hydrogen (secondary N) is 1. The highest BCUT2D eigenvalue weighted by molar-refractivity contribution is 5.90. The van der Waals surface area contributed by atoms with E-state index in [4.69, 9.17) is 24.2 Å². The number of nitrogens with zero attached hydrogens (tertiary/aromatic N) is 3. The summed E-state index contributed by atoms with van der Waals surface area (Å²) in [5.74, 6) is -0.301. The summed E-state index contributed by atoms with van der Waals surface area (Å²) >= 11 is 0. The zero-order valence-corrected chi connectivity index (χ0v) is 23.5. The van der Waals surface area contributed by atoms with E-state index in [1.54, 1.807) is 13.2 Å². The molecule has 2 fully saturated rings. The molecule has 2 aromatic rings. The number of benzene rings is 1. The minimum atomic E-state index is -1.13. The Balaban J connectivity index is 1.48. The molecular formula is C29H38N4O7. The summed E-state index contributed by atoms with van der Waals surface area (Å²) in [6, 6.07) is 3.40. The summed E-state index contributed by atoms with van der Waals surface area (Å²) < 4.78 is 17.3. The molecule has 1 saturated heterocycles. The Bertz CT molecular complexity index is 1290. The molecule has 1 unspecified atom stereocenters. The second kappa shape index (κ2) is 11.1. The lowest BCUT2D eigenvalue weighted by Gasteiger charge is -2.34. The molecule has 216 valence electrons. The van der Waals surface area contributed by atoms with E-state index in [0.717, 1.165) is 37.6 Å². The van der Waals surface area contributed by atoms with E-state index in [-0.39, 0.29) is 19.1 Å². The van der Waals surface area contributed by atoms with Gasteiger partial charge in [0.1, 0.15) is 35.7 Å². The van der Waals surface area contributed by atoms with Gasteiger partial charge in [-0.15, -0.1) is 0 Å². The average Bonchev–Trinajstić information content (AvgIpc) is 3.48.